The molecule has 2 aromatic rings. The second-order valence-corrected chi connectivity index (χ2v) is 12.8. The van der Waals surface area contributed by atoms with Gasteiger partial charge in [-0.1, -0.05) is 13.8 Å². The molecule has 0 spiro atoms. The lowest BCUT2D eigenvalue weighted by atomic mass is 9.97. The van der Waals surface area contributed by atoms with Gasteiger partial charge >= 0.3 is 12.2 Å². The van der Waals surface area contributed by atoms with Crippen molar-refractivity contribution in [2.24, 2.45) is 5.92 Å². The fourth-order valence-electron chi connectivity index (χ4n) is 5.41. The number of likely N-dealkylation sites (tertiary alicyclic amines) is 2. The normalized spacial score (nSPS) is 19.4. The zero-order chi connectivity index (χ0) is 29.1. The molecule has 5 heterocycles. The summed E-state index contributed by atoms with van der Waals surface area (Å²) in [5.41, 5.74) is 1.45. The molecule has 0 saturated carbocycles. The molecule has 2 N–H and O–H groups in total. The van der Waals surface area contributed by atoms with Crippen molar-refractivity contribution in [3.8, 4) is 0 Å². The zero-order valence-corrected chi connectivity index (χ0v) is 25.0. The highest BCUT2D eigenvalue weighted by molar-refractivity contribution is 5.71. The summed E-state index contributed by atoms with van der Waals surface area (Å²) in [6, 6.07) is 2.40. The van der Waals surface area contributed by atoms with Crippen LogP contribution in [0.4, 0.5) is 21.2 Å². The van der Waals surface area contributed by atoms with Crippen molar-refractivity contribution in [2.45, 2.75) is 84.0 Å². The summed E-state index contributed by atoms with van der Waals surface area (Å²) in [7, 11) is 0. The van der Waals surface area contributed by atoms with E-state index in [4.69, 9.17) is 19.2 Å². The summed E-state index contributed by atoms with van der Waals surface area (Å²) in [5.74, 6) is 2.50. The van der Waals surface area contributed by atoms with Crippen LogP contribution in [-0.4, -0.2) is 100 Å². The molecule has 0 bridgehead atoms. The monoisotopic (exact) mass is 571 g/mol. The van der Waals surface area contributed by atoms with E-state index in [1.165, 1.54) is 0 Å². The van der Waals surface area contributed by atoms with E-state index in [1.54, 1.807) is 9.80 Å². The van der Waals surface area contributed by atoms with E-state index in [-0.39, 0.29) is 18.3 Å². The number of amides is 2. The van der Waals surface area contributed by atoms with Gasteiger partial charge in [0.05, 0.1) is 19.3 Å². The van der Waals surface area contributed by atoms with Crippen LogP contribution in [0.2, 0.25) is 0 Å². The van der Waals surface area contributed by atoms with Crippen LogP contribution in [-0.2, 0) is 14.2 Å². The summed E-state index contributed by atoms with van der Waals surface area (Å²) in [6.07, 6.45) is 4.66. The number of carbonyl (C=O) groups is 2. The topological polar surface area (TPSA) is 123 Å². The average molecular weight is 572 g/mol. The minimum absolute atomic E-state index is 0.280. The third-order valence-electron chi connectivity index (χ3n) is 7.91. The first-order chi connectivity index (χ1) is 19.6. The maximum absolute atomic E-state index is 12.7. The molecule has 226 valence electrons. The van der Waals surface area contributed by atoms with E-state index >= 15 is 0 Å². The smallest absolute Gasteiger partial charge is 0.410 e. The number of nitrogens with zero attached hydrogens (tertiary/aromatic N) is 5. The van der Waals surface area contributed by atoms with Crippen LogP contribution in [0.25, 0.3) is 5.65 Å². The van der Waals surface area contributed by atoms with Crippen LogP contribution in [0.15, 0.2) is 12.3 Å². The molecule has 12 nitrogen and oxygen atoms in total. The number of fused-ring (bicyclic) bond motifs is 1. The van der Waals surface area contributed by atoms with Crippen LogP contribution in [0.5, 0.6) is 0 Å². The number of hydrogen-bond acceptors (Lipinski definition) is 9. The van der Waals surface area contributed by atoms with Gasteiger partial charge in [0.25, 0.3) is 0 Å². The van der Waals surface area contributed by atoms with Gasteiger partial charge in [-0.2, -0.15) is 9.61 Å². The van der Waals surface area contributed by atoms with Crippen molar-refractivity contribution in [2.75, 3.05) is 56.6 Å². The van der Waals surface area contributed by atoms with Crippen molar-refractivity contribution >= 4 is 29.5 Å². The molecule has 3 aliphatic heterocycles. The highest BCUT2D eigenvalue weighted by atomic mass is 16.6. The number of ether oxygens (including phenoxy) is 3. The van der Waals surface area contributed by atoms with Gasteiger partial charge in [0.15, 0.2) is 5.65 Å². The Morgan fingerprint density at radius 2 is 1.78 bits per heavy atom. The first-order valence-corrected chi connectivity index (χ1v) is 15.0. The van der Waals surface area contributed by atoms with Crippen LogP contribution >= 0.6 is 0 Å². The Balaban J connectivity index is 1.12. The molecule has 3 fully saturated rings. The zero-order valence-electron chi connectivity index (χ0n) is 25.0. The molecule has 41 heavy (non-hydrogen) atoms. The predicted molar refractivity (Wildman–Crippen MR) is 155 cm³/mol. The van der Waals surface area contributed by atoms with Crippen LogP contribution in [0.3, 0.4) is 0 Å². The number of aromatic nitrogens is 3. The third kappa shape index (κ3) is 7.33. The maximum atomic E-state index is 12.7. The van der Waals surface area contributed by atoms with Gasteiger partial charge in [-0.05, 0) is 58.3 Å². The van der Waals surface area contributed by atoms with Crippen molar-refractivity contribution in [1.82, 2.24) is 24.4 Å². The van der Waals surface area contributed by atoms with Crippen LogP contribution in [0.1, 0.15) is 71.8 Å². The minimum Gasteiger partial charge on any atom is -0.444 e. The van der Waals surface area contributed by atoms with Crippen molar-refractivity contribution in [3.05, 3.63) is 17.8 Å². The quantitative estimate of drug-likeness (QED) is 0.500. The molecule has 5 rings (SSSR count). The average Bonchev–Trinajstić information content (AvgIpc) is 3.33. The van der Waals surface area contributed by atoms with Gasteiger partial charge < -0.3 is 34.6 Å². The van der Waals surface area contributed by atoms with Gasteiger partial charge in [-0.15, -0.1) is 0 Å². The van der Waals surface area contributed by atoms with E-state index < -0.39 is 5.60 Å². The molecule has 0 aliphatic carbocycles. The molecule has 0 atom stereocenters. The molecule has 0 aromatic carbocycles. The van der Waals surface area contributed by atoms with Gasteiger partial charge in [0.2, 0.25) is 0 Å². The number of piperidine rings is 1. The number of hydrogen-bond donors (Lipinski definition) is 2. The Labute approximate surface area is 242 Å². The van der Waals surface area contributed by atoms with Gasteiger partial charge in [0, 0.05) is 50.5 Å². The van der Waals surface area contributed by atoms with E-state index in [0.29, 0.717) is 44.1 Å². The standard InChI is InChI=1S/C29H45N7O5/c1-19(2)23-16-31-36-25(14-24(33-26(23)36)32-21-8-12-39-13-9-21)30-15-20-6-10-34(11-7-20)27(37)40-22-17-35(18-22)28(38)41-29(3,4)5/h14,16,19-22,30H,6-13,15,17-18H2,1-5H3,(H,32,33). The van der Waals surface area contributed by atoms with Crippen molar-refractivity contribution in [3.63, 3.8) is 0 Å². The fraction of sp³-hybridized carbons (Fsp3) is 0.724. The molecular weight excluding hydrogens is 526 g/mol. The van der Waals surface area contributed by atoms with E-state index in [9.17, 15) is 9.59 Å². The molecule has 3 saturated heterocycles. The molecule has 2 aromatic heterocycles. The number of carbonyl (C=O) groups excluding carboxylic acids is 2. The first-order valence-electron chi connectivity index (χ1n) is 15.0. The molecule has 0 radical (unpaired) electrons. The predicted octanol–water partition coefficient (Wildman–Crippen LogP) is 4.32. The summed E-state index contributed by atoms with van der Waals surface area (Å²) in [5, 5.41) is 11.9. The molecule has 12 heteroatoms. The highest BCUT2D eigenvalue weighted by Crippen LogP contribution is 2.27. The second kappa shape index (κ2) is 12.3. The number of rotatable bonds is 7. The molecular formula is C29H45N7O5. The molecule has 3 aliphatic rings. The van der Waals surface area contributed by atoms with Gasteiger partial charge in [-0.3, -0.25) is 0 Å². The molecule has 2 amide bonds. The fourth-order valence-corrected chi connectivity index (χ4v) is 5.41. The third-order valence-corrected chi connectivity index (χ3v) is 7.91. The summed E-state index contributed by atoms with van der Waals surface area (Å²) in [6.45, 7) is 14.2. The van der Waals surface area contributed by atoms with Gasteiger partial charge in [-0.25, -0.2) is 14.6 Å². The van der Waals surface area contributed by atoms with Crippen molar-refractivity contribution < 1.29 is 23.8 Å². The number of nitrogens with one attached hydrogen (secondary N) is 2. The second-order valence-electron chi connectivity index (χ2n) is 12.8. The van der Waals surface area contributed by atoms with E-state index in [1.807, 2.05) is 37.5 Å². The highest BCUT2D eigenvalue weighted by Gasteiger charge is 2.37. The maximum Gasteiger partial charge on any atom is 0.410 e. The Hall–Kier alpha value is -3.28. The van der Waals surface area contributed by atoms with Gasteiger partial charge in [0.1, 0.15) is 23.3 Å². The Bertz CT molecular complexity index is 1210. The Morgan fingerprint density at radius 3 is 2.44 bits per heavy atom. The van der Waals surface area contributed by atoms with Crippen molar-refractivity contribution in [1.29, 1.82) is 0 Å². The Morgan fingerprint density at radius 1 is 1.07 bits per heavy atom. The Kier molecular flexibility index (Phi) is 8.77. The first kappa shape index (κ1) is 29.2. The largest absolute Gasteiger partial charge is 0.444 e. The van der Waals surface area contributed by atoms with Crippen LogP contribution < -0.4 is 10.6 Å². The summed E-state index contributed by atoms with van der Waals surface area (Å²) < 4.78 is 18.4. The lowest BCUT2D eigenvalue weighted by Crippen LogP contribution is -2.57. The lowest BCUT2D eigenvalue weighted by molar-refractivity contribution is -0.0450. The van der Waals surface area contributed by atoms with E-state index in [2.05, 4.69) is 29.6 Å². The summed E-state index contributed by atoms with van der Waals surface area (Å²) >= 11 is 0. The molecule has 0 unspecified atom stereocenters. The SMILES string of the molecule is CC(C)c1cnn2c(NCC3CCN(C(=O)OC4CN(C(=O)OC(C)(C)C)C4)CC3)cc(NC3CCOCC3)nc12. The lowest BCUT2D eigenvalue weighted by Gasteiger charge is -2.40. The van der Waals surface area contributed by atoms with Crippen LogP contribution in [0, 0.1) is 5.92 Å². The summed E-state index contributed by atoms with van der Waals surface area (Å²) in [4.78, 5) is 33.1. The number of anilines is 2. The minimum atomic E-state index is -0.541. The van der Waals surface area contributed by atoms with E-state index in [0.717, 1.165) is 68.3 Å².